The molecule has 0 aliphatic heterocycles. The number of methoxy groups -OCH3 is 1. The number of benzene rings is 1. The third-order valence-corrected chi connectivity index (χ3v) is 2.29. The highest BCUT2D eigenvalue weighted by Gasteiger charge is 2.09. The van der Waals surface area contributed by atoms with Crippen molar-refractivity contribution < 1.29 is 13.9 Å². The van der Waals surface area contributed by atoms with Crippen molar-refractivity contribution in [2.45, 2.75) is 6.92 Å². The fourth-order valence-electron chi connectivity index (χ4n) is 0.919. The largest absolute Gasteiger partial charge is 0.497 e. The molecule has 0 aliphatic carbocycles. The van der Waals surface area contributed by atoms with Crippen LogP contribution in [0.15, 0.2) is 12.1 Å². The second-order valence-electron chi connectivity index (χ2n) is 2.35. The van der Waals surface area contributed by atoms with E-state index in [1.54, 1.807) is 19.2 Å². The Morgan fingerprint density at radius 1 is 1.46 bits per heavy atom. The lowest BCUT2D eigenvalue weighted by Crippen LogP contribution is -1.97. The van der Waals surface area contributed by atoms with Gasteiger partial charge in [0.15, 0.2) is 11.6 Å². The van der Waals surface area contributed by atoms with Crippen LogP contribution in [0.2, 0.25) is 0 Å². The van der Waals surface area contributed by atoms with Gasteiger partial charge in [0.2, 0.25) is 0 Å². The second kappa shape index (κ2) is 4.64. The minimum Gasteiger partial charge on any atom is -0.497 e. The molecule has 2 nitrogen and oxygen atoms in total. The summed E-state index contributed by atoms with van der Waals surface area (Å²) in [4.78, 5) is 0. The van der Waals surface area contributed by atoms with Crippen molar-refractivity contribution in [3.8, 4) is 11.5 Å². The first-order chi connectivity index (χ1) is 6.19. The first-order valence-corrected chi connectivity index (χ1v) is 4.92. The molecule has 1 rings (SSSR count). The first-order valence-electron chi connectivity index (χ1n) is 3.84. The summed E-state index contributed by atoms with van der Waals surface area (Å²) in [5, 5.41) is 0. The zero-order chi connectivity index (χ0) is 9.84. The van der Waals surface area contributed by atoms with Gasteiger partial charge < -0.3 is 9.47 Å². The Morgan fingerprint density at radius 2 is 2.15 bits per heavy atom. The van der Waals surface area contributed by atoms with E-state index in [0.717, 1.165) is 0 Å². The van der Waals surface area contributed by atoms with Crippen LogP contribution in [-0.4, -0.2) is 13.7 Å². The molecule has 0 N–H and O–H groups in total. The molecule has 0 radical (unpaired) electrons. The molecule has 0 atom stereocenters. The molecular formula is C9H10FIO2. The molecule has 1 aromatic carbocycles. The van der Waals surface area contributed by atoms with Gasteiger partial charge in [0.05, 0.1) is 17.3 Å². The third-order valence-electron chi connectivity index (χ3n) is 1.50. The molecule has 0 spiro atoms. The molecule has 0 aliphatic rings. The number of halogens is 2. The quantitative estimate of drug-likeness (QED) is 0.799. The zero-order valence-electron chi connectivity index (χ0n) is 7.43. The van der Waals surface area contributed by atoms with Gasteiger partial charge in [-0.2, -0.15) is 0 Å². The molecule has 0 unspecified atom stereocenters. The van der Waals surface area contributed by atoms with Crippen molar-refractivity contribution in [3.63, 3.8) is 0 Å². The van der Waals surface area contributed by atoms with E-state index in [1.165, 1.54) is 0 Å². The Morgan fingerprint density at radius 3 is 2.69 bits per heavy atom. The van der Waals surface area contributed by atoms with Crippen molar-refractivity contribution in [2.24, 2.45) is 0 Å². The molecule has 72 valence electrons. The molecule has 0 saturated heterocycles. The summed E-state index contributed by atoms with van der Waals surface area (Å²) in [6.07, 6.45) is 0. The predicted octanol–water partition coefficient (Wildman–Crippen LogP) is 2.84. The molecule has 1 aromatic rings. The van der Waals surface area contributed by atoms with Crippen LogP contribution in [-0.2, 0) is 0 Å². The Balaban J connectivity index is 3.09. The number of hydrogen-bond acceptors (Lipinski definition) is 2. The normalized spacial score (nSPS) is 9.85. The van der Waals surface area contributed by atoms with Gasteiger partial charge in [-0.25, -0.2) is 4.39 Å². The van der Waals surface area contributed by atoms with E-state index in [1.807, 2.05) is 29.5 Å². The van der Waals surface area contributed by atoms with Crippen LogP contribution in [0, 0.1) is 9.39 Å². The van der Waals surface area contributed by atoms with Gasteiger partial charge in [-0.15, -0.1) is 0 Å². The predicted molar refractivity (Wildman–Crippen MR) is 56.8 cm³/mol. The highest BCUT2D eigenvalue weighted by molar-refractivity contribution is 14.1. The summed E-state index contributed by atoms with van der Waals surface area (Å²) in [7, 11) is 1.54. The topological polar surface area (TPSA) is 18.5 Å². The van der Waals surface area contributed by atoms with Crippen molar-refractivity contribution >= 4 is 22.6 Å². The highest BCUT2D eigenvalue weighted by atomic mass is 127. The second-order valence-corrected chi connectivity index (χ2v) is 3.52. The molecule has 0 fully saturated rings. The molecule has 0 saturated carbocycles. The van der Waals surface area contributed by atoms with Gasteiger partial charge in [0, 0.05) is 6.07 Å². The monoisotopic (exact) mass is 296 g/mol. The number of rotatable bonds is 3. The van der Waals surface area contributed by atoms with Gasteiger partial charge in [0.1, 0.15) is 5.75 Å². The third kappa shape index (κ3) is 2.46. The lowest BCUT2D eigenvalue weighted by atomic mass is 10.3. The van der Waals surface area contributed by atoms with Gasteiger partial charge in [-0.1, -0.05) is 0 Å². The summed E-state index contributed by atoms with van der Waals surface area (Å²) in [6.45, 7) is 2.26. The highest BCUT2D eigenvalue weighted by Crippen LogP contribution is 2.28. The Kier molecular flexibility index (Phi) is 3.77. The average molecular weight is 296 g/mol. The van der Waals surface area contributed by atoms with Crippen molar-refractivity contribution in [1.82, 2.24) is 0 Å². The summed E-state index contributed by atoms with van der Waals surface area (Å²) in [5.41, 5.74) is 0. The van der Waals surface area contributed by atoms with E-state index in [2.05, 4.69) is 0 Å². The first kappa shape index (κ1) is 10.6. The Bertz CT molecular complexity index is 302. The van der Waals surface area contributed by atoms with Gasteiger partial charge in [-0.3, -0.25) is 0 Å². The van der Waals surface area contributed by atoms with E-state index >= 15 is 0 Å². The van der Waals surface area contributed by atoms with Crippen LogP contribution < -0.4 is 9.47 Å². The Labute approximate surface area is 90.2 Å². The van der Waals surface area contributed by atoms with Crippen molar-refractivity contribution in [1.29, 1.82) is 0 Å². The Hall–Kier alpha value is -0.520. The fraction of sp³-hybridized carbons (Fsp3) is 0.333. The van der Waals surface area contributed by atoms with Crippen molar-refractivity contribution in [2.75, 3.05) is 13.7 Å². The summed E-state index contributed by atoms with van der Waals surface area (Å²) in [6, 6.07) is 3.17. The summed E-state index contributed by atoms with van der Waals surface area (Å²) >= 11 is 1.90. The minimum absolute atomic E-state index is 0.242. The van der Waals surface area contributed by atoms with Gasteiger partial charge in [-0.05, 0) is 35.6 Å². The van der Waals surface area contributed by atoms with E-state index in [9.17, 15) is 4.39 Å². The van der Waals surface area contributed by atoms with Crippen LogP contribution in [0.4, 0.5) is 4.39 Å². The van der Waals surface area contributed by atoms with Crippen LogP contribution in [0.5, 0.6) is 11.5 Å². The van der Waals surface area contributed by atoms with Crippen LogP contribution in [0.3, 0.4) is 0 Å². The molecule has 13 heavy (non-hydrogen) atoms. The van der Waals surface area contributed by atoms with Crippen LogP contribution in [0.1, 0.15) is 6.92 Å². The summed E-state index contributed by atoms with van der Waals surface area (Å²) in [5.74, 6) is 0.517. The molecule has 4 heteroatoms. The molecule has 0 heterocycles. The van der Waals surface area contributed by atoms with Gasteiger partial charge >= 0.3 is 0 Å². The van der Waals surface area contributed by atoms with E-state index in [0.29, 0.717) is 15.9 Å². The maximum Gasteiger partial charge on any atom is 0.178 e. The van der Waals surface area contributed by atoms with Crippen LogP contribution in [0.25, 0.3) is 0 Å². The maximum absolute atomic E-state index is 13.3. The average Bonchev–Trinajstić information content (AvgIpc) is 2.13. The molecule has 0 amide bonds. The summed E-state index contributed by atoms with van der Waals surface area (Å²) < 4.78 is 23.9. The van der Waals surface area contributed by atoms with Crippen LogP contribution >= 0.6 is 22.6 Å². The smallest absolute Gasteiger partial charge is 0.178 e. The van der Waals surface area contributed by atoms with E-state index in [-0.39, 0.29) is 11.6 Å². The van der Waals surface area contributed by atoms with Gasteiger partial charge in [0.25, 0.3) is 0 Å². The maximum atomic E-state index is 13.3. The zero-order valence-corrected chi connectivity index (χ0v) is 9.59. The minimum atomic E-state index is -0.330. The van der Waals surface area contributed by atoms with E-state index < -0.39 is 0 Å². The van der Waals surface area contributed by atoms with Crippen molar-refractivity contribution in [3.05, 3.63) is 21.5 Å². The molecule has 0 aromatic heterocycles. The number of hydrogen-bond donors (Lipinski definition) is 0. The fourth-order valence-corrected chi connectivity index (χ4v) is 1.49. The molecule has 0 bridgehead atoms. The SMILES string of the molecule is CCOc1cc(OC)cc(I)c1F. The van der Waals surface area contributed by atoms with E-state index in [4.69, 9.17) is 9.47 Å². The number of ether oxygens (including phenoxy) is 2. The lowest BCUT2D eigenvalue weighted by Gasteiger charge is -2.08. The molecular weight excluding hydrogens is 286 g/mol. The lowest BCUT2D eigenvalue weighted by molar-refractivity contribution is 0.316. The standard InChI is InChI=1S/C9H10FIO2/c1-3-13-8-5-6(12-2)4-7(11)9(8)10/h4-5H,3H2,1-2H3.